The largest absolute Gasteiger partial charge is 0.387 e. The Morgan fingerprint density at radius 2 is 1.51 bits per heavy atom. The van der Waals surface area contributed by atoms with Crippen molar-refractivity contribution < 1.29 is 9.05 Å². The maximum absolute atomic E-state index is 9.92. The van der Waals surface area contributed by atoms with E-state index in [0.717, 1.165) is 39.8 Å². The number of aromatic amines is 3. The lowest BCUT2D eigenvalue weighted by Gasteiger charge is -2.00. The molecule has 0 unspecified atom stereocenters. The monoisotopic (exact) mass is 668 g/mol. The summed E-state index contributed by atoms with van der Waals surface area (Å²) in [6.07, 6.45) is 4.32. The van der Waals surface area contributed by atoms with Crippen molar-refractivity contribution in [3.05, 3.63) is 62.5 Å². The standard InChI is InChI=1S/C6H10N2S.C5H8N2S.C4H8N4.2C4H10.2C3H3NO2/c1-4(2)6-5(9)3-7-8-6;1-4(2)5-6-3-7-8-5;1-3(2)4-5-7-8-6-4;2*1-4(2)3;5-3-1-2-6-4-3;5-3-1-2-4-6-3/h4,7H,3H2,1-2H3;3-4H,1-2H3;3H,1-2H3,(H,5,6,7,8);2*4H,1-3H3;1-2H,(H,4,5);1-2,4H. The molecule has 0 bridgehead atoms. The van der Waals surface area contributed by atoms with Crippen molar-refractivity contribution in [1.82, 2.24) is 45.7 Å². The first-order valence-electron chi connectivity index (χ1n) is 14.7. The van der Waals surface area contributed by atoms with Crippen LogP contribution < -0.4 is 16.6 Å². The number of nitrogens with one attached hydrogen (secondary N) is 4. The van der Waals surface area contributed by atoms with Crippen LogP contribution in [0.15, 0.2) is 54.7 Å². The van der Waals surface area contributed by atoms with Gasteiger partial charge in [0, 0.05) is 30.2 Å². The van der Waals surface area contributed by atoms with E-state index >= 15 is 0 Å². The molecule has 0 saturated carbocycles. The summed E-state index contributed by atoms with van der Waals surface area (Å²) in [5.41, 5.74) is 3.36. The van der Waals surface area contributed by atoms with Gasteiger partial charge in [-0.2, -0.15) is 19.8 Å². The molecule has 4 aromatic heterocycles. The van der Waals surface area contributed by atoms with Gasteiger partial charge in [0.2, 0.25) is 0 Å². The molecule has 0 aromatic carbocycles. The van der Waals surface area contributed by atoms with E-state index in [2.05, 4.69) is 129 Å². The van der Waals surface area contributed by atoms with Gasteiger partial charge in [-0.3, -0.25) is 4.79 Å². The van der Waals surface area contributed by atoms with Gasteiger partial charge in [0.25, 0.3) is 5.56 Å². The van der Waals surface area contributed by atoms with E-state index in [4.69, 9.17) is 12.2 Å². The van der Waals surface area contributed by atoms with Gasteiger partial charge in [0.05, 0.1) is 17.1 Å². The van der Waals surface area contributed by atoms with Crippen molar-refractivity contribution in [3.8, 4) is 0 Å². The van der Waals surface area contributed by atoms with Crippen LogP contribution in [0.25, 0.3) is 0 Å². The fourth-order valence-electron chi connectivity index (χ4n) is 2.10. The third-order valence-corrected chi connectivity index (χ3v) is 5.23. The summed E-state index contributed by atoms with van der Waals surface area (Å²) in [4.78, 5) is 24.8. The van der Waals surface area contributed by atoms with Crippen molar-refractivity contribution in [1.29, 1.82) is 0 Å². The van der Waals surface area contributed by atoms with Crippen molar-refractivity contribution in [3.63, 3.8) is 0 Å². The topological polar surface area (TPSA) is 197 Å². The molecule has 0 atom stereocenters. The van der Waals surface area contributed by atoms with E-state index in [1.165, 1.54) is 36.1 Å². The number of rotatable bonds is 3. The van der Waals surface area contributed by atoms with Crippen LogP contribution in [0.2, 0.25) is 0 Å². The zero-order valence-electron chi connectivity index (χ0n) is 28.6. The normalized spacial score (nSPS) is 11.2. The van der Waals surface area contributed by atoms with E-state index in [0.29, 0.717) is 17.8 Å². The van der Waals surface area contributed by atoms with Gasteiger partial charge in [0.1, 0.15) is 17.6 Å². The first-order chi connectivity index (χ1) is 21.1. The van der Waals surface area contributed by atoms with Crippen molar-refractivity contribution in [2.45, 2.75) is 94.9 Å². The number of thiocarbonyl (C=S) groups is 1. The highest BCUT2D eigenvalue weighted by Crippen LogP contribution is 2.12. The molecule has 0 aliphatic carbocycles. The van der Waals surface area contributed by atoms with E-state index in [9.17, 15) is 9.59 Å². The summed E-state index contributed by atoms with van der Waals surface area (Å²) >= 11 is 6.49. The van der Waals surface area contributed by atoms with Crippen LogP contribution >= 0.6 is 23.8 Å². The highest BCUT2D eigenvalue weighted by molar-refractivity contribution is 7.82. The predicted octanol–water partition coefficient (Wildman–Crippen LogP) is 6.22. The summed E-state index contributed by atoms with van der Waals surface area (Å²) < 4.78 is 12.3. The minimum Gasteiger partial charge on any atom is -0.387 e. The lowest BCUT2D eigenvalue weighted by Crippen LogP contribution is -2.16. The highest BCUT2D eigenvalue weighted by atomic mass is 32.1. The van der Waals surface area contributed by atoms with Crippen molar-refractivity contribution in [2.24, 2.45) is 22.9 Å². The summed E-state index contributed by atoms with van der Waals surface area (Å²) in [6, 6.07) is 2.61. The second-order valence-corrected chi connectivity index (χ2v) is 12.8. The van der Waals surface area contributed by atoms with E-state index in [1.807, 2.05) is 13.8 Å². The van der Waals surface area contributed by atoms with E-state index in [1.54, 1.807) is 6.33 Å². The Hall–Kier alpha value is -3.79. The fourth-order valence-corrected chi connectivity index (χ4v) is 2.95. The molecule has 5 heterocycles. The third kappa shape index (κ3) is 27.5. The molecule has 0 fully saturated rings. The van der Waals surface area contributed by atoms with Crippen LogP contribution in [-0.2, 0) is 0 Å². The van der Waals surface area contributed by atoms with Gasteiger partial charge in [-0.15, -0.1) is 10.2 Å². The van der Waals surface area contributed by atoms with Gasteiger partial charge < -0.3 is 14.5 Å². The fraction of sp³-hybridized carbons (Fsp3) is 0.621. The SMILES string of the molecule is CC(C)C.CC(C)C.CC(C)C1=NNCC1=S.CC(C)c1ncns1.CC(C)c1nn[nH]n1.O=c1cc[nH]o1.O=c1cco[nH]1. The van der Waals surface area contributed by atoms with Crippen LogP contribution in [0.5, 0.6) is 0 Å². The Labute approximate surface area is 275 Å². The molecule has 1 aliphatic heterocycles. The second-order valence-electron chi connectivity index (χ2n) is 11.5. The lowest BCUT2D eigenvalue weighted by atomic mass is 10.1. The van der Waals surface area contributed by atoms with Crippen molar-refractivity contribution >= 4 is 34.3 Å². The molecular weight excluding hydrogens is 617 g/mol. The predicted molar refractivity (Wildman–Crippen MR) is 185 cm³/mol. The Morgan fingerprint density at radius 1 is 0.889 bits per heavy atom. The molecule has 5 rings (SSSR count). The molecule has 1 aliphatic rings. The number of aromatic nitrogens is 8. The minimum absolute atomic E-state index is 0.199. The molecule has 16 heteroatoms. The zero-order chi connectivity index (χ0) is 34.8. The van der Waals surface area contributed by atoms with Crippen LogP contribution in [0, 0.1) is 17.8 Å². The highest BCUT2D eigenvalue weighted by Gasteiger charge is 2.15. The van der Waals surface area contributed by atoms with Crippen LogP contribution in [-0.4, -0.2) is 57.4 Å². The molecular formula is C29H52N10O4S2. The average molecular weight is 669 g/mol. The molecule has 0 amide bonds. The minimum atomic E-state index is -0.338. The van der Waals surface area contributed by atoms with E-state index < -0.39 is 0 Å². The maximum atomic E-state index is 9.92. The number of nitrogens with zero attached hydrogens (tertiary/aromatic N) is 6. The van der Waals surface area contributed by atoms with Gasteiger partial charge in [-0.05, 0) is 29.3 Å². The number of H-pyrrole nitrogens is 3. The van der Waals surface area contributed by atoms with Crippen molar-refractivity contribution in [2.75, 3.05) is 6.54 Å². The Balaban J connectivity index is 0. The Morgan fingerprint density at radius 3 is 1.69 bits per heavy atom. The lowest BCUT2D eigenvalue weighted by molar-refractivity contribution is 0.391. The van der Waals surface area contributed by atoms with Gasteiger partial charge in [-0.25, -0.2) is 14.9 Å². The quantitative estimate of drug-likeness (QED) is 0.181. The maximum Gasteiger partial charge on any atom is 0.357 e. The molecule has 254 valence electrons. The summed E-state index contributed by atoms with van der Waals surface area (Å²) in [5.74, 6) is 3.80. The average Bonchev–Trinajstić information content (AvgIpc) is 3.77. The molecule has 0 saturated heterocycles. The summed E-state index contributed by atoms with van der Waals surface area (Å²) in [5, 5.41) is 22.8. The van der Waals surface area contributed by atoms with E-state index in [-0.39, 0.29) is 11.2 Å². The first-order valence-corrected chi connectivity index (χ1v) is 15.8. The third-order valence-electron chi connectivity index (χ3n) is 3.92. The molecule has 0 radical (unpaired) electrons. The Kier molecular flexibility index (Phi) is 25.6. The van der Waals surface area contributed by atoms with Crippen LogP contribution in [0.3, 0.4) is 0 Å². The van der Waals surface area contributed by atoms with Gasteiger partial charge in [-0.1, -0.05) is 101 Å². The smallest absolute Gasteiger partial charge is 0.357 e. The number of hydrogen-bond donors (Lipinski definition) is 4. The summed E-state index contributed by atoms with van der Waals surface area (Å²) in [6.45, 7) is 26.2. The zero-order valence-corrected chi connectivity index (χ0v) is 30.2. The number of tetrazole rings is 1. The number of hydrazone groups is 1. The summed E-state index contributed by atoms with van der Waals surface area (Å²) in [7, 11) is 0. The number of hydrogen-bond acceptors (Lipinski definition) is 13. The molecule has 0 spiro atoms. The Bertz CT molecular complexity index is 1210. The van der Waals surface area contributed by atoms with Gasteiger partial charge >= 0.3 is 5.63 Å². The first kappa shape index (κ1) is 43.3. The van der Waals surface area contributed by atoms with Crippen LogP contribution in [0.4, 0.5) is 0 Å². The molecule has 14 nitrogen and oxygen atoms in total. The molecule has 45 heavy (non-hydrogen) atoms. The van der Waals surface area contributed by atoms with Gasteiger partial charge in [0.15, 0.2) is 5.82 Å². The second kappa shape index (κ2) is 26.6. The molecule has 4 N–H and O–H groups in total. The van der Waals surface area contributed by atoms with Crippen LogP contribution in [0.1, 0.15) is 106 Å². The molecule has 4 aromatic rings.